The van der Waals surface area contributed by atoms with Crippen molar-refractivity contribution in [1.82, 2.24) is 10.3 Å². The Balaban J connectivity index is 1.65. The number of carbonyl (C=O) groups excluding carboxylic acids is 1. The third kappa shape index (κ3) is 6.05. The molecular weight excluding hydrogens is 429 g/mol. The molecule has 0 atom stereocenters. The van der Waals surface area contributed by atoms with Crippen LogP contribution < -0.4 is 10.1 Å². The molecule has 0 spiro atoms. The van der Waals surface area contributed by atoms with Gasteiger partial charge in [0.15, 0.2) is 0 Å². The molecule has 0 saturated carbocycles. The molecule has 5 nitrogen and oxygen atoms in total. The van der Waals surface area contributed by atoms with Gasteiger partial charge in [0.05, 0.1) is 17.9 Å². The third-order valence-electron chi connectivity index (χ3n) is 4.37. The van der Waals surface area contributed by atoms with Gasteiger partial charge in [-0.25, -0.2) is 4.98 Å². The first-order valence-corrected chi connectivity index (χ1v) is 10.2. The highest BCUT2D eigenvalue weighted by molar-refractivity contribution is 7.17. The lowest BCUT2D eigenvalue weighted by Gasteiger charge is -2.08. The van der Waals surface area contributed by atoms with Gasteiger partial charge >= 0.3 is 6.18 Å². The van der Waals surface area contributed by atoms with E-state index in [0.717, 1.165) is 29.0 Å². The lowest BCUT2D eigenvalue weighted by atomic mass is 10.1. The summed E-state index contributed by atoms with van der Waals surface area (Å²) in [5.41, 5.74) is 1.19. The average Bonchev–Trinajstić information content (AvgIpc) is 3.14. The number of alkyl halides is 3. The van der Waals surface area contributed by atoms with Gasteiger partial charge < -0.3 is 14.8 Å². The summed E-state index contributed by atoms with van der Waals surface area (Å²) in [6.07, 6.45) is -4.39. The number of rotatable bonds is 8. The molecule has 0 aliphatic rings. The van der Waals surface area contributed by atoms with Crippen molar-refractivity contribution >= 4 is 17.2 Å². The van der Waals surface area contributed by atoms with Crippen molar-refractivity contribution in [2.24, 2.45) is 0 Å². The summed E-state index contributed by atoms with van der Waals surface area (Å²) < 4.78 is 48.7. The molecule has 1 N–H and O–H groups in total. The summed E-state index contributed by atoms with van der Waals surface area (Å²) in [6.45, 7) is 2.91. The summed E-state index contributed by atoms with van der Waals surface area (Å²) in [4.78, 5) is 17.4. The van der Waals surface area contributed by atoms with Crippen molar-refractivity contribution < 1.29 is 27.4 Å². The standard InChI is InChI=1S/C22H21F3N2O3S/c1-14-19(31-21(27-14)16-6-8-17(9-7-16)22(23,24)25)20(28)26-13-15-4-3-5-18(12-15)30-11-10-29-2/h3-9,12H,10-11,13H2,1-2H3,(H,26,28). The lowest BCUT2D eigenvalue weighted by Crippen LogP contribution is -2.22. The number of nitrogens with zero attached hydrogens (tertiary/aromatic N) is 1. The number of hydrogen-bond acceptors (Lipinski definition) is 5. The highest BCUT2D eigenvalue weighted by Crippen LogP contribution is 2.33. The van der Waals surface area contributed by atoms with Gasteiger partial charge in [-0.05, 0) is 36.8 Å². The van der Waals surface area contributed by atoms with E-state index in [4.69, 9.17) is 9.47 Å². The molecule has 0 aliphatic heterocycles. The smallest absolute Gasteiger partial charge is 0.416 e. The number of halogens is 3. The van der Waals surface area contributed by atoms with Gasteiger partial charge in [0.25, 0.3) is 5.91 Å². The fraction of sp³-hybridized carbons (Fsp3) is 0.273. The van der Waals surface area contributed by atoms with E-state index in [1.54, 1.807) is 14.0 Å². The minimum Gasteiger partial charge on any atom is -0.491 e. The maximum Gasteiger partial charge on any atom is 0.416 e. The largest absolute Gasteiger partial charge is 0.491 e. The zero-order valence-corrected chi connectivity index (χ0v) is 17.8. The van der Waals surface area contributed by atoms with E-state index >= 15 is 0 Å². The van der Waals surface area contributed by atoms with Crippen molar-refractivity contribution in [2.75, 3.05) is 20.3 Å². The summed E-state index contributed by atoms with van der Waals surface area (Å²) in [7, 11) is 1.60. The summed E-state index contributed by atoms with van der Waals surface area (Å²) in [6, 6.07) is 12.1. The summed E-state index contributed by atoms with van der Waals surface area (Å²) >= 11 is 1.14. The number of hydrogen-bond donors (Lipinski definition) is 1. The highest BCUT2D eigenvalue weighted by atomic mass is 32.1. The lowest BCUT2D eigenvalue weighted by molar-refractivity contribution is -0.137. The average molecular weight is 450 g/mol. The molecule has 0 saturated heterocycles. The summed E-state index contributed by atoms with van der Waals surface area (Å²) in [5, 5.41) is 3.34. The fourth-order valence-electron chi connectivity index (χ4n) is 2.78. The topological polar surface area (TPSA) is 60.5 Å². The van der Waals surface area contributed by atoms with Crippen LogP contribution in [0, 0.1) is 6.92 Å². The Morgan fingerprint density at radius 3 is 2.55 bits per heavy atom. The normalized spacial score (nSPS) is 11.4. The van der Waals surface area contributed by atoms with Crippen LogP contribution >= 0.6 is 11.3 Å². The molecule has 31 heavy (non-hydrogen) atoms. The molecule has 0 radical (unpaired) electrons. The van der Waals surface area contributed by atoms with E-state index < -0.39 is 11.7 Å². The van der Waals surface area contributed by atoms with Gasteiger partial charge in [0, 0.05) is 19.2 Å². The second-order valence-corrected chi connectivity index (χ2v) is 7.68. The van der Waals surface area contributed by atoms with Crippen molar-refractivity contribution in [3.05, 3.63) is 70.2 Å². The van der Waals surface area contributed by atoms with E-state index in [1.807, 2.05) is 24.3 Å². The highest BCUT2D eigenvalue weighted by Gasteiger charge is 2.30. The van der Waals surface area contributed by atoms with Crippen molar-refractivity contribution in [3.63, 3.8) is 0 Å². The van der Waals surface area contributed by atoms with E-state index in [2.05, 4.69) is 10.3 Å². The molecule has 1 aromatic heterocycles. The molecule has 1 heterocycles. The van der Waals surface area contributed by atoms with Crippen LogP contribution in [0.1, 0.15) is 26.5 Å². The quantitative estimate of drug-likeness (QED) is 0.486. The number of aryl methyl sites for hydroxylation is 1. The van der Waals surface area contributed by atoms with Gasteiger partial charge in [0.1, 0.15) is 22.2 Å². The molecule has 2 aromatic carbocycles. The van der Waals surface area contributed by atoms with Crippen molar-refractivity contribution in [1.29, 1.82) is 0 Å². The number of amides is 1. The van der Waals surface area contributed by atoms with Crippen LogP contribution in [0.15, 0.2) is 48.5 Å². The molecule has 1 amide bonds. The maximum absolute atomic E-state index is 12.7. The van der Waals surface area contributed by atoms with Crippen LogP contribution in [0.2, 0.25) is 0 Å². The number of aromatic nitrogens is 1. The number of thiazole rings is 1. The van der Waals surface area contributed by atoms with Crippen LogP contribution in [0.4, 0.5) is 13.2 Å². The Hall–Kier alpha value is -2.91. The van der Waals surface area contributed by atoms with E-state index in [-0.39, 0.29) is 5.91 Å². The van der Waals surface area contributed by atoms with E-state index in [9.17, 15) is 18.0 Å². The predicted octanol–water partition coefficient (Wildman–Crippen LogP) is 5.09. The Labute approximate surface area is 181 Å². The third-order valence-corrected chi connectivity index (χ3v) is 5.57. The number of carbonyl (C=O) groups is 1. The second-order valence-electron chi connectivity index (χ2n) is 6.68. The molecule has 3 aromatic rings. The molecule has 164 valence electrons. The van der Waals surface area contributed by atoms with E-state index in [0.29, 0.717) is 46.7 Å². The zero-order valence-electron chi connectivity index (χ0n) is 17.0. The van der Waals surface area contributed by atoms with Crippen LogP contribution in [0.3, 0.4) is 0 Å². The molecule has 0 unspecified atom stereocenters. The predicted molar refractivity (Wildman–Crippen MR) is 112 cm³/mol. The Bertz CT molecular complexity index is 1030. The minimum absolute atomic E-state index is 0.293. The number of benzene rings is 2. The van der Waals surface area contributed by atoms with Crippen LogP contribution in [-0.2, 0) is 17.5 Å². The number of nitrogens with one attached hydrogen (secondary N) is 1. The first-order chi connectivity index (χ1) is 14.8. The Kier molecular flexibility index (Phi) is 7.29. The molecule has 0 fully saturated rings. The van der Waals surface area contributed by atoms with Gasteiger partial charge in [-0.3, -0.25) is 4.79 Å². The van der Waals surface area contributed by atoms with Crippen LogP contribution in [0.25, 0.3) is 10.6 Å². The molecular formula is C22H21F3N2O3S. The van der Waals surface area contributed by atoms with Gasteiger partial charge in [-0.2, -0.15) is 13.2 Å². The van der Waals surface area contributed by atoms with Crippen LogP contribution in [0.5, 0.6) is 5.75 Å². The minimum atomic E-state index is -4.39. The van der Waals surface area contributed by atoms with Crippen LogP contribution in [-0.4, -0.2) is 31.2 Å². The van der Waals surface area contributed by atoms with E-state index in [1.165, 1.54) is 12.1 Å². The number of methoxy groups -OCH3 is 1. The molecule has 9 heteroatoms. The molecule has 0 aliphatic carbocycles. The monoisotopic (exact) mass is 450 g/mol. The summed E-state index contributed by atoms with van der Waals surface area (Å²) in [5.74, 6) is 0.390. The number of ether oxygens (including phenoxy) is 2. The first-order valence-electron chi connectivity index (χ1n) is 9.42. The zero-order chi connectivity index (χ0) is 22.4. The van der Waals surface area contributed by atoms with Gasteiger partial charge in [-0.15, -0.1) is 11.3 Å². The molecule has 0 bridgehead atoms. The van der Waals surface area contributed by atoms with Crippen molar-refractivity contribution in [2.45, 2.75) is 19.6 Å². The Morgan fingerprint density at radius 2 is 1.87 bits per heavy atom. The maximum atomic E-state index is 12.7. The fourth-order valence-corrected chi connectivity index (χ4v) is 3.77. The van der Waals surface area contributed by atoms with Gasteiger partial charge in [-0.1, -0.05) is 24.3 Å². The SMILES string of the molecule is COCCOc1cccc(CNC(=O)c2sc(-c3ccc(C(F)(F)F)cc3)nc2C)c1. The molecule has 3 rings (SSSR count). The first kappa shape index (κ1) is 22.8. The second kappa shape index (κ2) is 9.93. The van der Waals surface area contributed by atoms with Crippen molar-refractivity contribution in [3.8, 4) is 16.3 Å². The Morgan fingerprint density at radius 1 is 1.13 bits per heavy atom. The van der Waals surface area contributed by atoms with Gasteiger partial charge in [0.2, 0.25) is 0 Å².